The third kappa shape index (κ3) is 4.89. The molecule has 0 atom stereocenters. The molecule has 9 heteroatoms. The number of methoxy groups -OCH3 is 1. The van der Waals surface area contributed by atoms with Gasteiger partial charge in [0.2, 0.25) is 5.88 Å². The van der Waals surface area contributed by atoms with Crippen LogP contribution in [0.5, 0.6) is 17.4 Å². The lowest BCUT2D eigenvalue weighted by Gasteiger charge is -2.13. The number of halogens is 4. The molecule has 0 fully saturated rings. The lowest BCUT2D eigenvalue weighted by atomic mass is 10.3. The smallest absolute Gasteiger partial charge is 0.417 e. The molecule has 1 aromatic heterocycles. The average Bonchev–Trinajstić information content (AvgIpc) is 2.60. The van der Waals surface area contributed by atoms with Crippen LogP contribution in [0, 0.1) is 0 Å². The van der Waals surface area contributed by atoms with Crippen molar-refractivity contribution in [1.82, 2.24) is 4.98 Å². The van der Waals surface area contributed by atoms with Crippen molar-refractivity contribution in [2.75, 3.05) is 13.7 Å². The number of carbonyl (C=O) groups excluding carboxylic acids is 1. The van der Waals surface area contributed by atoms with Gasteiger partial charge in [-0.2, -0.15) is 13.2 Å². The van der Waals surface area contributed by atoms with Crippen molar-refractivity contribution < 1.29 is 32.2 Å². The van der Waals surface area contributed by atoms with Crippen molar-refractivity contribution in [1.29, 1.82) is 0 Å². The van der Waals surface area contributed by atoms with Gasteiger partial charge in [-0.1, -0.05) is 30.3 Å². The summed E-state index contributed by atoms with van der Waals surface area (Å²) in [7, 11) is 1.21. The maximum Gasteiger partial charge on any atom is 0.417 e. The summed E-state index contributed by atoms with van der Waals surface area (Å²) in [4.78, 5) is 14.9. The van der Waals surface area contributed by atoms with E-state index in [1.165, 1.54) is 19.2 Å². The molecule has 0 amide bonds. The van der Waals surface area contributed by atoms with Crippen LogP contribution in [0.15, 0.2) is 48.7 Å². The van der Waals surface area contributed by atoms with E-state index in [4.69, 9.17) is 21.1 Å². The topological polar surface area (TPSA) is 57.7 Å². The fourth-order valence-corrected chi connectivity index (χ4v) is 1.99. The van der Waals surface area contributed by atoms with Crippen molar-refractivity contribution >= 4 is 17.6 Å². The van der Waals surface area contributed by atoms with Gasteiger partial charge in [0.25, 0.3) is 0 Å². The summed E-state index contributed by atoms with van der Waals surface area (Å²) in [6.45, 7) is 3.36. The van der Waals surface area contributed by atoms with Crippen molar-refractivity contribution in [3.63, 3.8) is 0 Å². The van der Waals surface area contributed by atoms with Gasteiger partial charge in [0.1, 0.15) is 11.6 Å². The molecule has 5 nitrogen and oxygen atoms in total. The Balaban J connectivity index is 2.18. The third-order valence-electron chi connectivity index (χ3n) is 3.07. The van der Waals surface area contributed by atoms with E-state index in [1.807, 2.05) is 0 Å². The fraction of sp³-hybridized carbons (Fsp3) is 0.176. The summed E-state index contributed by atoms with van der Waals surface area (Å²) in [6, 6.07) is 7.02. The van der Waals surface area contributed by atoms with Crippen LogP contribution >= 0.6 is 11.6 Å². The Morgan fingerprint density at radius 2 is 1.92 bits per heavy atom. The number of esters is 1. The summed E-state index contributed by atoms with van der Waals surface area (Å²) >= 11 is 5.82. The van der Waals surface area contributed by atoms with E-state index in [9.17, 15) is 18.0 Å². The Bertz CT molecular complexity index is 824. The molecule has 0 spiro atoms. The lowest BCUT2D eigenvalue weighted by Crippen LogP contribution is -2.11. The average molecular weight is 388 g/mol. The highest BCUT2D eigenvalue weighted by molar-refractivity contribution is 6.31. The molecule has 26 heavy (non-hydrogen) atoms. The third-order valence-corrected chi connectivity index (χ3v) is 3.34. The number of carbonyl (C=O) groups is 1. The second-order valence-corrected chi connectivity index (χ2v) is 5.35. The molecule has 2 rings (SSSR count). The van der Waals surface area contributed by atoms with Crippen molar-refractivity contribution in [3.8, 4) is 17.4 Å². The number of para-hydroxylation sites is 2. The minimum atomic E-state index is -4.57. The summed E-state index contributed by atoms with van der Waals surface area (Å²) in [6.07, 6.45) is -3.95. The highest BCUT2D eigenvalue weighted by atomic mass is 35.5. The lowest BCUT2D eigenvalue weighted by molar-refractivity contribution is -0.138. The second kappa shape index (κ2) is 8.09. The minimum absolute atomic E-state index is 0.0768. The van der Waals surface area contributed by atoms with Gasteiger partial charge in [0, 0.05) is 6.20 Å². The molecule has 0 bridgehead atoms. The van der Waals surface area contributed by atoms with Crippen LogP contribution in [-0.4, -0.2) is 24.7 Å². The largest absolute Gasteiger partial charge is 0.485 e. The number of ether oxygens (including phenoxy) is 3. The monoisotopic (exact) mass is 387 g/mol. The Hall–Kier alpha value is -2.74. The predicted octanol–water partition coefficient (Wildman–Crippen LogP) is 4.65. The molecule has 0 radical (unpaired) electrons. The van der Waals surface area contributed by atoms with Crippen LogP contribution in [-0.2, 0) is 15.7 Å². The van der Waals surface area contributed by atoms with Crippen LogP contribution < -0.4 is 9.47 Å². The molecule has 1 heterocycles. The molecule has 0 saturated heterocycles. The van der Waals surface area contributed by atoms with E-state index in [0.29, 0.717) is 12.3 Å². The molecule has 0 unspecified atom stereocenters. The fourth-order valence-electron chi connectivity index (χ4n) is 1.78. The highest BCUT2D eigenvalue weighted by Crippen LogP contribution is 2.37. The van der Waals surface area contributed by atoms with Crippen LogP contribution in [0.2, 0.25) is 5.02 Å². The van der Waals surface area contributed by atoms with Crippen molar-refractivity contribution in [3.05, 3.63) is 59.3 Å². The van der Waals surface area contributed by atoms with E-state index < -0.39 is 17.7 Å². The van der Waals surface area contributed by atoms with Gasteiger partial charge >= 0.3 is 12.1 Å². The summed E-state index contributed by atoms with van der Waals surface area (Å²) in [5, 5.41) is -0.311. The van der Waals surface area contributed by atoms with E-state index >= 15 is 0 Å². The first-order valence-electron chi connectivity index (χ1n) is 7.11. The Labute approximate surface area is 152 Å². The zero-order valence-electron chi connectivity index (χ0n) is 13.5. The number of aromatic nitrogens is 1. The van der Waals surface area contributed by atoms with Crippen LogP contribution in [0.4, 0.5) is 13.2 Å². The zero-order valence-corrected chi connectivity index (χ0v) is 14.2. The molecule has 0 aliphatic heterocycles. The Morgan fingerprint density at radius 3 is 2.50 bits per heavy atom. The van der Waals surface area contributed by atoms with Gasteiger partial charge in [-0.05, 0) is 18.2 Å². The molecule has 0 saturated carbocycles. The van der Waals surface area contributed by atoms with Gasteiger partial charge in [-0.25, -0.2) is 9.78 Å². The molecule has 2 aromatic rings. The molecule has 0 aliphatic rings. The molecule has 1 aromatic carbocycles. The van der Waals surface area contributed by atoms with Crippen LogP contribution in [0.25, 0.3) is 0 Å². The van der Waals surface area contributed by atoms with Crippen molar-refractivity contribution in [2.24, 2.45) is 0 Å². The second-order valence-electron chi connectivity index (χ2n) is 4.94. The summed E-state index contributed by atoms with van der Waals surface area (Å²) in [5.41, 5.74) is -0.915. The first kappa shape index (κ1) is 19.6. The van der Waals surface area contributed by atoms with Gasteiger partial charge in [-0.15, -0.1) is 0 Å². The number of alkyl halides is 3. The van der Waals surface area contributed by atoms with Gasteiger partial charge < -0.3 is 14.2 Å². The summed E-state index contributed by atoms with van der Waals surface area (Å²) in [5.74, 6) is -0.479. The zero-order chi connectivity index (χ0) is 19.3. The first-order chi connectivity index (χ1) is 12.2. The Morgan fingerprint density at radius 1 is 1.27 bits per heavy atom. The maximum absolute atomic E-state index is 12.7. The van der Waals surface area contributed by atoms with Gasteiger partial charge in [0.05, 0.1) is 18.2 Å². The van der Waals surface area contributed by atoms with Crippen LogP contribution in [0.1, 0.15) is 5.56 Å². The van der Waals surface area contributed by atoms with Gasteiger partial charge in [-0.3, -0.25) is 0 Å². The number of pyridine rings is 1. The molecular formula is C17H13ClF3NO4. The van der Waals surface area contributed by atoms with Gasteiger partial charge in [0.15, 0.2) is 11.5 Å². The van der Waals surface area contributed by atoms with Crippen LogP contribution in [0.3, 0.4) is 0 Å². The molecule has 0 aliphatic carbocycles. The van der Waals surface area contributed by atoms with E-state index in [0.717, 1.165) is 0 Å². The number of hydrogen-bond donors (Lipinski definition) is 0. The Kier molecular flexibility index (Phi) is 6.10. The normalized spacial score (nSPS) is 11.0. The minimum Gasteiger partial charge on any atom is -0.485 e. The summed E-state index contributed by atoms with van der Waals surface area (Å²) < 4.78 is 53.4. The number of nitrogens with zero attached hydrogens (tertiary/aromatic N) is 1. The van der Waals surface area contributed by atoms with Crippen molar-refractivity contribution in [2.45, 2.75) is 6.18 Å². The predicted molar refractivity (Wildman–Crippen MR) is 87.4 cm³/mol. The van der Waals surface area contributed by atoms with E-state index in [2.05, 4.69) is 16.3 Å². The SMILES string of the molecule is C=C(COc1ccccc1Oc1ncc(C(F)(F)F)cc1Cl)C(=O)OC. The standard InChI is InChI=1S/C17H13ClF3NO4/c1-10(16(23)24-2)9-25-13-5-3-4-6-14(13)26-15-12(18)7-11(8-22-15)17(19,20)21/h3-8H,1,9H2,2H3. The highest BCUT2D eigenvalue weighted by Gasteiger charge is 2.31. The number of rotatable bonds is 6. The molecular weight excluding hydrogens is 375 g/mol. The molecule has 138 valence electrons. The maximum atomic E-state index is 12.7. The molecule has 0 N–H and O–H groups in total. The number of benzene rings is 1. The number of hydrogen-bond acceptors (Lipinski definition) is 5. The quantitative estimate of drug-likeness (QED) is 0.533. The van der Waals surface area contributed by atoms with E-state index in [1.54, 1.807) is 12.1 Å². The first-order valence-corrected chi connectivity index (χ1v) is 7.48. The van der Waals surface area contributed by atoms with E-state index in [-0.39, 0.29) is 34.6 Å².